The van der Waals surface area contributed by atoms with Crippen molar-refractivity contribution in [1.29, 1.82) is 0 Å². The van der Waals surface area contributed by atoms with Gasteiger partial charge in [0.1, 0.15) is 0 Å². The molecule has 0 spiro atoms. The number of urea groups is 1. The molecular formula is C18H20N4O3. The Bertz CT molecular complexity index is 720. The van der Waals surface area contributed by atoms with E-state index in [9.17, 15) is 14.4 Å². The summed E-state index contributed by atoms with van der Waals surface area (Å²) in [7, 11) is 0. The monoisotopic (exact) mass is 340 g/mol. The molecule has 0 aliphatic carbocycles. The van der Waals surface area contributed by atoms with E-state index in [2.05, 4.69) is 10.7 Å². The number of nitrogens with two attached hydrogens (primary N) is 1. The Morgan fingerprint density at radius 1 is 0.840 bits per heavy atom. The number of rotatable bonds is 6. The fourth-order valence-electron chi connectivity index (χ4n) is 2.12. The molecule has 0 aromatic heterocycles. The number of anilines is 1. The van der Waals surface area contributed by atoms with Gasteiger partial charge in [-0.15, -0.1) is 0 Å². The number of hydrogen-bond acceptors (Lipinski definition) is 3. The number of carbonyl (C=O) groups excluding carboxylic acids is 3. The van der Waals surface area contributed by atoms with Gasteiger partial charge in [0.15, 0.2) is 0 Å². The van der Waals surface area contributed by atoms with Crippen molar-refractivity contribution in [3.8, 4) is 0 Å². The standard InChI is InChI=1S/C18H20N4O3/c19-18(25)22(15-9-5-2-6-10-15)21-17(24)12-11-16(23)20-13-14-7-3-1-4-8-14/h1-10H,11-13H2,(H2,19,25)(H,20,23)(H,21,24). The second-order valence-electron chi connectivity index (χ2n) is 5.31. The van der Waals surface area contributed by atoms with Crippen molar-refractivity contribution in [2.45, 2.75) is 19.4 Å². The molecule has 0 unspecified atom stereocenters. The lowest BCUT2D eigenvalue weighted by Crippen LogP contribution is -2.49. The second kappa shape index (κ2) is 9.07. The molecule has 0 heterocycles. The molecule has 2 aromatic rings. The molecule has 0 fully saturated rings. The average Bonchev–Trinajstić information content (AvgIpc) is 2.64. The van der Waals surface area contributed by atoms with Gasteiger partial charge in [0.05, 0.1) is 5.69 Å². The number of para-hydroxylation sites is 1. The third-order valence-corrected chi connectivity index (χ3v) is 3.38. The van der Waals surface area contributed by atoms with Crippen molar-refractivity contribution < 1.29 is 14.4 Å². The van der Waals surface area contributed by atoms with E-state index in [-0.39, 0.29) is 18.7 Å². The van der Waals surface area contributed by atoms with E-state index in [1.165, 1.54) is 0 Å². The van der Waals surface area contributed by atoms with Gasteiger partial charge in [-0.2, -0.15) is 0 Å². The Balaban J connectivity index is 1.79. The summed E-state index contributed by atoms with van der Waals surface area (Å²) in [5.74, 6) is -0.721. The topological polar surface area (TPSA) is 105 Å². The maximum atomic E-state index is 12.0. The van der Waals surface area contributed by atoms with Gasteiger partial charge in [-0.3, -0.25) is 15.0 Å². The Morgan fingerprint density at radius 2 is 1.40 bits per heavy atom. The van der Waals surface area contributed by atoms with Crippen LogP contribution < -0.4 is 21.5 Å². The molecule has 0 bridgehead atoms. The molecule has 0 aliphatic rings. The van der Waals surface area contributed by atoms with Crippen LogP contribution in [-0.2, 0) is 16.1 Å². The SMILES string of the molecule is NC(=O)N(NC(=O)CCC(=O)NCc1ccccc1)c1ccccc1. The number of hydrazine groups is 1. The van der Waals surface area contributed by atoms with Crippen LogP contribution in [0.4, 0.5) is 10.5 Å². The first-order valence-corrected chi connectivity index (χ1v) is 7.81. The molecule has 7 nitrogen and oxygen atoms in total. The highest BCUT2D eigenvalue weighted by molar-refractivity contribution is 5.94. The Labute approximate surface area is 145 Å². The van der Waals surface area contributed by atoms with Crippen LogP contribution in [0.25, 0.3) is 0 Å². The van der Waals surface area contributed by atoms with Gasteiger partial charge in [-0.1, -0.05) is 48.5 Å². The summed E-state index contributed by atoms with van der Waals surface area (Å²) in [5, 5.41) is 3.69. The smallest absolute Gasteiger partial charge is 0.338 e. The van der Waals surface area contributed by atoms with E-state index in [1.807, 2.05) is 30.3 Å². The van der Waals surface area contributed by atoms with E-state index >= 15 is 0 Å². The number of primary amides is 1. The van der Waals surface area contributed by atoms with Crippen LogP contribution in [0.5, 0.6) is 0 Å². The molecule has 25 heavy (non-hydrogen) atoms. The summed E-state index contributed by atoms with van der Waals surface area (Å²) in [5.41, 5.74) is 9.10. The fourth-order valence-corrected chi connectivity index (χ4v) is 2.12. The zero-order chi connectivity index (χ0) is 18.1. The predicted octanol–water partition coefficient (Wildman–Crippen LogP) is 1.70. The summed E-state index contributed by atoms with van der Waals surface area (Å²) >= 11 is 0. The minimum absolute atomic E-state index is 0.0139. The van der Waals surface area contributed by atoms with Crippen molar-refractivity contribution in [1.82, 2.24) is 10.7 Å². The zero-order valence-corrected chi connectivity index (χ0v) is 13.6. The van der Waals surface area contributed by atoms with E-state index in [0.717, 1.165) is 10.6 Å². The van der Waals surface area contributed by atoms with Crippen LogP contribution in [-0.4, -0.2) is 17.8 Å². The molecule has 4 amide bonds. The molecule has 130 valence electrons. The minimum atomic E-state index is -0.812. The average molecular weight is 340 g/mol. The normalized spacial score (nSPS) is 9.92. The van der Waals surface area contributed by atoms with Crippen LogP contribution in [0.15, 0.2) is 60.7 Å². The van der Waals surface area contributed by atoms with Gasteiger partial charge in [0.2, 0.25) is 11.8 Å². The number of benzene rings is 2. The molecule has 7 heteroatoms. The van der Waals surface area contributed by atoms with E-state index in [0.29, 0.717) is 12.2 Å². The Hall–Kier alpha value is -3.35. The first-order valence-electron chi connectivity index (χ1n) is 7.81. The van der Waals surface area contributed by atoms with E-state index in [4.69, 9.17) is 5.73 Å². The minimum Gasteiger partial charge on any atom is -0.352 e. The third-order valence-electron chi connectivity index (χ3n) is 3.38. The van der Waals surface area contributed by atoms with Crippen molar-refractivity contribution in [3.63, 3.8) is 0 Å². The van der Waals surface area contributed by atoms with Gasteiger partial charge in [-0.25, -0.2) is 9.80 Å². The molecule has 0 saturated carbocycles. The first kappa shape index (κ1) is 18.0. The molecule has 0 radical (unpaired) electrons. The second-order valence-corrected chi connectivity index (χ2v) is 5.31. The largest absolute Gasteiger partial charge is 0.352 e. The highest BCUT2D eigenvalue weighted by Gasteiger charge is 2.16. The highest BCUT2D eigenvalue weighted by Crippen LogP contribution is 2.10. The van der Waals surface area contributed by atoms with Gasteiger partial charge in [-0.05, 0) is 17.7 Å². The van der Waals surface area contributed by atoms with E-state index in [1.54, 1.807) is 30.3 Å². The Kier molecular flexibility index (Phi) is 6.53. The van der Waals surface area contributed by atoms with Gasteiger partial charge in [0.25, 0.3) is 0 Å². The van der Waals surface area contributed by atoms with Gasteiger partial charge in [0, 0.05) is 19.4 Å². The van der Waals surface area contributed by atoms with Crippen LogP contribution in [0.3, 0.4) is 0 Å². The van der Waals surface area contributed by atoms with Crippen LogP contribution in [0, 0.1) is 0 Å². The van der Waals surface area contributed by atoms with Crippen LogP contribution in [0.1, 0.15) is 18.4 Å². The van der Waals surface area contributed by atoms with Crippen LogP contribution >= 0.6 is 0 Å². The van der Waals surface area contributed by atoms with Gasteiger partial charge < -0.3 is 11.1 Å². The predicted molar refractivity (Wildman–Crippen MR) is 94.2 cm³/mol. The highest BCUT2D eigenvalue weighted by atomic mass is 16.2. The van der Waals surface area contributed by atoms with Gasteiger partial charge >= 0.3 is 6.03 Å². The number of nitrogens with zero attached hydrogens (tertiary/aromatic N) is 1. The molecular weight excluding hydrogens is 320 g/mol. The summed E-state index contributed by atoms with van der Waals surface area (Å²) in [6.45, 7) is 0.402. The lowest BCUT2D eigenvalue weighted by molar-refractivity contribution is -0.126. The summed E-state index contributed by atoms with van der Waals surface area (Å²) in [6.07, 6.45) is -0.0444. The fraction of sp³-hybridized carbons (Fsp3) is 0.167. The molecule has 4 N–H and O–H groups in total. The quantitative estimate of drug-likeness (QED) is 0.697. The van der Waals surface area contributed by atoms with Crippen molar-refractivity contribution >= 4 is 23.5 Å². The van der Waals surface area contributed by atoms with Crippen molar-refractivity contribution in [2.24, 2.45) is 5.73 Å². The molecule has 0 aliphatic heterocycles. The number of hydrogen-bond donors (Lipinski definition) is 3. The number of nitrogens with one attached hydrogen (secondary N) is 2. The molecule has 2 rings (SSSR count). The van der Waals surface area contributed by atoms with Crippen molar-refractivity contribution in [3.05, 3.63) is 66.2 Å². The number of amides is 4. The molecule has 0 atom stereocenters. The third kappa shape index (κ3) is 5.98. The lowest BCUT2D eigenvalue weighted by Gasteiger charge is -2.21. The maximum Gasteiger partial charge on any atom is 0.338 e. The summed E-state index contributed by atoms with van der Waals surface area (Å²) < 4.78 is 0. The first-order chi connectivity index (χ1) is 12.1. The maximum absolute atomic E-state index is 12.0. The van der Waals surface area contributed by atoms with E-state index < -0.39 is 11.9 Å². The lowest BCUT2D eigenvalue weighted by atomic mass is 10.2. The van der Waals surface area contributed by atoms with Crippen molar-refractivity contribution in [2.75, 3.05) is 5.01 Å². The Morgan fingerprint density at radius 3 is 2.00 bits per heavy atom. The van der Waals surface area contributed by atoms with Crippen LogP contribution in [0.2, 0.25) is 0 Å². The zero-order valence-electron chi connectivity index (χ0n) is 13.6. The molecule has 2 aromatic carbocycles. The molecule has 0 saturated heterocycles. The summed E-state index contributed by atoms with van der Waals surface area (Å²) in [6, 6.07) is 17.1. The summed E-state index contributed by atoms with van der Waals surface area (Å²) in [4.78, 5) is 35.3. The number of carbonyl (C=O) groups is 3.